The average Bonchev–Trinajstić information content (AvgIpc) is 2.91. The van der Waals surface area contributed by atoms with Crippen LogP contribution in [0, 0.1) is 0 Å². The first-order chi connectivity index (χ1) is 8.62. The molecule has 4 nitrogen and oxygen atoms in total. The van der Waals surface area contributed by atoms with Gasteiger partial charge in [0.05, 0.1) is 11.5 Å². The van der Waals surface area contributed by atoms with Gasteiger partial charge in [-0.25, -0.2) is 8.42 Å². The Hall–Kier alpha value is -0.130. The van der Waals surface area contributed by atoms with Crippen molar-refractivity contribution in [3.8, 4) is 0 Å². The molecule has 1 N–H and O–H groups in total. The van der Waals surface area contributed by atoms with E-state index < -0.39 is 9.84 Å². The van der Waals surface area contributed by atoms with Crippen LogP contribution in [0.2, 0.25) is 0 Å². The standard InChI is InChI=1S/C13H26N2O2S/c1-2-3-4-7-14-12-10-18(16,17)11-13(12)15-8-5-6-9-15/h12-14H,2-11H2,1H3/t12-,13-/m0/s1. The molecule has 2 fully saturated rings. The first-order valence-electron chi connectivity index (χ1n) is 7.30. The molecule has 0 unspecified atom stereocenters. The lowest BCUT2D eigenvalue weighted by molar-refractivity contribution is 0.226. The summed E-state index contributed by atoms with van der Waals surface area (Å²) in [5.74, 6) is 0.693. The number of hydrogen-bond acceptors (Lipinski definition) is 4. The Morgan fingerprint density at radius 2 is 1.89 bits per heavy atom. The molecule has 0 aromatic carbocycles. The molecule has 0 spiro atoms. The first-order valence-corrected chi connectivity index (χ1v) is 9.12. The van der Waals surface area contributed by atoms with Gasteiger partial charge in [-0.3, -0.25) is 4.90 Å². The molecule has 0 bridgehead atoms. The fourth-order valence-electron chi connectivity index (χ4n) is 3.12. The Morgan fingerprint density at radius 3 is 2.56 bits per heavy atom. The monoisotopic (exact) mass is 274 g/mol. The highest BCUT2D eigenvalue weighted by Gasteiger charge is 2.41. The van der Waals surface area contributed by atoms with Crippen LogP contribution in [0.5, 0.6) is 0 Å². The van der Waals surface area contributed by atoms with Crippen LogP contribution >= 0.6 is 0 Å². The highest BCUT2D eigenvalue weighted by molar-refractivity contribution is 7.91. The summed E-state index contributed by atoms with van der Waals surface area (Å²) in [6.07, 6.45) is 6.03. The maximum atomic E-state index is 11.8. The Balaban J connectivity index is 1.88. The van der Waals surface area contributed by atoms with Gasteiger partial charge in [-0.2, -0.15) is 0 Å². The molecular weight excluding hydrogens is 248 g/mol. The SMILES string of the molecule is CCCCCN[C@H]1CS(=O)(=O)C[C@@H]1N1CCCC1. The van der Waals surface area contributed by atoms with E-state index in [2.05, 4.69) is 17.1 Å². The fraction of sp³-hybridized carbons (Fsp3) is 1.00. The zero-order valence-corrected chi connectivity index (χ0v) is 12.2. The first kappa shape index (κ1) is 14.3. The molecule has 0 radical (unpaired) electrons. The minimum atomic E-state index is -2.83. The zero-order valence-electron chi connectivity index (χ0n) is 11.4. The van der Waals surface area contributed by atoms with E-state index in [0.29, 0.717) is 11.5 Å². The summed E-state index contributed by atoms with van der Waals surface area (Å²) in [5.41, 5.74) is 0. The van der Waals surface area contributed by atoms with Gasteiger partial charge in [0.15, 0.2) is 9.84 Å². The molecule has 0 aromatic rings. The summed E-state index contributed by atoms with van der Waals surface area (Å²) in [4.78, 5) is 2.38. The summed E-state index contributed by atoms with van der Waals surface area (Å²) in [6.45, 7) is 5.30. The molecule has 5 heteroatoms. The van der Waals surface area contributed by atoms with Gasteiger partial charge in [0.1, 0.15) is 0 Å². The molecule has 2 rings (SSSR count). The summed E-state index contributed by atoms with van der Waals surface area (Å²) in [7, 11) is -2.83. The van der Waals surface area contributed by atoms with Crippen LogP contribution in [0.4, 0.5) is 0 Å². The van der Waals surface area contributed by atoms with E-state index in [1.807, 2.05) is 0 Å². The summed E-state index contributed by atoms with van der Waals surface area (Å²) in [5, 5.41) is 3.48. The summed E-state index contributed by atoms with van der Waals surface area (Å²) in [6, 6.07) is 0.379. The van der Waals surface area contributed by atoms with Crippen LogP contribution in [0.3, 0.4) is 0 Å². The van der Waals surface area contributed by atoms with E-state index in [4.69, 9.17) is 0 Å². The van der Waals surface area contributed by atoms with Gasteiger partial charge in [-0.1, -0.05) is 19.8 Å². The van der Waals surface area contributed by atoms with Crippen LogP contribution in [0.1, 0.15) is 39.0 Å². The summed E-state index contributed by atoms with van der Waals surface area (Å²) >= 11 is 0. The zero-order chi connectivity index (χ0) is 13.0. The topological polar surface area (TPSA) is 49.4 Å². The maximum Gasteiger partial charge on any atom is 0.153 e. The Morgan fingerprint density at radius 1 is 1.17 bits per heavy atom. The predicted molar refractivity (Wildman–Crippen MR) is 74.6 cm³/mol. The fourth-order valence-corrected chi connectivity index (χ4v) is 5.11. The quantitative estimate of drug-likeness (QED) is 0.735. The second kappa shape index (κ2) is 6.35. The lowest BCUT2D eigenvalue weighted by Gasteiger charge is -2.28. The minimum absolute atomic E-state index is 0.157. The Bertz CT molecular complexity index is 350. The van der Waals surface area contributed by atoms with Crippen molar-refractivity contribution >= 4 is 9.84 Å². The lowest BCUT2D eigenvalue weighted by Crippen LogP contribution is -2.48. The van der Waals surface area contributed by atoms with Crippen molar-refractivity contribution in [1.29, 1.82) is 0 Å². The molecule has 0 aromatic heterocycles. The summed E-state index contributed by atoms with van der Waals surface area (Å²) < 4.78 is 23.7. The molecule has 18 heavy (non-hydrogen) atoms. The number of nitrogens with one attached hydrogen (secondary N) is 1. The van der Waals surface area contributed by atoms with Crippen molar-refractivity contribution < 1.29 is 8.42 Å². The molecule has 0 saturated carbocycles. The van der Waals surface area contributed by atoms with Gasteiger partial charge in [-0.05, 0) is 38.9 Å². The third kappa shape index (κ3) is 3.68. The van der Waals surface area contributed by atoms with E-state index in [1.54, 1.807) is 0 Å². The largest absolute Gasteiger partial charge is 0.311 e. The molecular formula is C13H26N2O2S. The van der Waals surface area contributed by atoms with Crippen LogP contribution < -0.4 is 5.32 Å². The molecule has 2 heterocycles. The molecule has 0 amide bonds. The Kier molecular flexibility index (Phi) is 5.04. The van der Waals surface area contributed by atoms with Gasteiger partial charge in [0, 0.05) is 12.1 Å². The second-order valence-electron chi connectivity index (χ2n) is 5.66. The number of unbranched alkanes of at least 4 members (excludes halogenated alkanes) is 2. The average molecular weight is 274 g/mol. The molecule has 2 aliphatic heterocycles. The van der Waals surface area contributed by atoms with E-state index in [1.165, 1.54) is 25.7 Å². The second-order valence-corrected chi connectivity index (χ2v) is 7.81. The van der Waals surface area contributed by atoms with Gasteiger partial charge in [-0.15, -0.1) is 0 Å². The minimum Gasteiger partial charge on any atom is -0.311 e. The number of hydrogen-bond donors (Lipinski definition) is 1. The number of sulfone groups is 1. The predicted octanol–water partition coefficient (Wildman–Crippen LogP) is 1.03. The maximum absolute atomic E-state index is 11.8. The Labute approximate surface area is 111 Å². The van der Waals surface area contributed by atoms with Gasteiger partial charge in [0.2, 0.25) is 0 Å². The van der Waals surface area contributed by atoms with Gasteiger partial charge < -0.3 is 5.32 Å². The van der Waals surface area contributed by atoms with Crippen molar-refractivity contribution in [2.45, 2.75) is 51.1 Å². The molecule has 2 saturated heterocycles. The van der Waals surface area contributed by atoms with Crippen LogP contribution in [0.25, 0.3) is 0 Å². The molecule has 2 aliphatic rings. The molecule has 0 aliphatic carbocycles. The van der Waals surface area contributed by atoms with Crippen molar-refractivity contribution in [1.82, 2.24) is 10.2 Å². The number of rotatable bonds is 6. The van der Waals surface area contributed by atoms with Crippen molar-refractivity contribution in [2.75, 3.05) is 31.1 Å². The third-order valence-corrected chi connectivity index (χ3v) is 5.84. The highest BCUT2D eigenvalue weighted by atomic mass is 32.2. The highest BCUT2D eigenvalue weighted by Crippen LogP contribution is 2.22. The van der Waals surface area contributed by atoms with E-state index >= 15 is 0 Å². The molecule has 2 atom stereocenters. The van der Waals surface area contributed by atoms with Gasteiger partial charge in [0.25, 0.3) is 0 Å². The van der Waals surface area contributed by atoms with Crippen molar-refractivity contribution in [3.63, 3.8) is 0 Å². The lowest BCUT2D eigenvalue weighted by atomic mass is 10.1. The number of likely N-dealkylation sites (tertiary alicyclic amines) is 1. The van der Waals surface area contributed by atoms with Crippen LogP contribution in [0.15, 0.2) is 0 Å². The van der Waals surface area contributed by atoms with Crippen molar-refractivity contribution in [2.24, 2.45) is 0 Å². The molecule has 106 valence electrons. The smallest absolute Gasteiger partial charge is 0.153 e. The van der Waals surface area contributed by atoms with Crippen LogP contribution in [-0.4, -0.2) is 56.5 Å². The normalized spacial score (nSPS) is 32.1. The number of nitrogens with zero attached hydrogens (tertiary/aromatic N) is 1. The van der Waals surface area contributed by atoms with Crippen LogP contribution in [-0.2, 0) is 9.84 Å². The van der Waals surface area contributed by atoms with E-state index in [0.717, 1.165) is 26.1 Å². The van der Waals surface area contributed by atoms with E-state index in [-0.39, 0.29) is 12.1 Å². The van der Waals surface area contributed by atoms with E-state index in [9.17, 15) is 8.42 Å². The third-order valence-electron chi connectivity index (χ3n) is 4.12. The van der Waals surface area contributed by atoms with Gasteiger partial charge >= 0.3 is 0 Å². The van der Waals surface area contributed by atoms with Crippen molar-refractivity contribution in [3.05, 3.63) is 0 Å².